The molecule has 18 heavy (non-hydrogen) atoms. The van der Waals surface area contributed by atoms with Crippen molar-refractivity contribution in [2.45, 2.75) is 50.5 Å². The fourth-order valence-electron chi connectivity index (χ4n) is 5.35. The van der Waals surface area contributed by atoms with Gasteiger partial charge in [0.25, 0.3) is 0 Å². The van der Waals surface area contributed by atoms with Gasteiger partial charge in [0.1, 0.15) is 0 Å². The van der Waals surface area contributed by atoms with Crippen LogP contribution in [0.5, 0.6) is 0 Å². The maximum absolute atomic E-state index is 5.77. The van der Waals surface area contributed by atoms with E-state index in [0.717, 1.165) is 17.8 Å². The van der Waals surface area contributed by atoms with Gasteiger partial charge in [0.05, 0.1) is 0 Å². The van der Waals surface area contributed by atoms with Crippen LogP contribution < -0.4 is 5.73 Å². The lowest BCUT2D eigenvalue weighted by atomic mass is 9.48. The van der Waals surface area contributed by atoms with E-state index in [1.54, 1.807) is 0 Å². The number of aromatic nitrogens is 1. The molecule has 4 fully saturated rings. The molecule has 96 valence electrons. The van der Waals surface area contributed by atoms with Crippen molar-refractivity contribution in [3.63, 3.8) is 0 Å². The van der Waals surface area contributed by atoms with Crippen LogP contribution in [0.1, 0.15) is 49.7 Å². The van der Waals surface area contributed by atoms with E-state index < -0.39 is 0 Å². The summed E-state index contributed by atoms with van der Waals surface area (Å²) in [7, 11) is 0. The Morgan fingerprint density at radius 3 is 2.22 bits per heavy atom. The number of hydrogen-bond acceptors (Lipinski definition) is 2. The van der Waals surface area contributed by atoms with Crippen LogP contribution in [0.25, 0.3) is 0 Å². The predicted molar refractivity (Wildman–Crippen MR) is 72.0 cm³/mol. The van der Waals surface area contributed by atoms with E-state index in [4.69, 9.17) is 5.73 Å². The molecule has 1 heterocycles. The summed E-state index contributed by atoms with van der Waals surface area (Å²) in [4.78, 5) is 4.43. The highest BCUT2D eigenvalue weighted by atomic mass is 14.7. The molecule has 4 bridgehead atoms. The van der Waals surface area contributed by atoms with E-state index in [-0.39, 0.29) is 0 Å². The van der Waals surface area contributed by atoms with Gasteiger partial charge >= 0.3 is 0 Å². The summed E-state index contributed by atoms with van der Waals surface area (Å²) < 4.78 is 0. The zero-order chi connectivity index (χ0) is 12.2. The first kappa shape index (κ1) is 11.0. The van der Waals surface area contributed by atoms with Crippen LogP contribution in [0, 0.1) is 17.8 Å². The molecule has 0 unspecified atom stereocenters. The average molecular weight is 242 g/mol. The highest BCUT2D eigenvalue weighted by Crippen LogP contribution is 2.60. The van der Waals surface area contributed by atoms with Crippen molar-refractivity contribution in [1.82, 2.24) is 4.98 Å². The van der Waals surface area contributed by atoms with Crippen molar-refractivity contribution in [1.29, 1.82) is 0 Å². The van der Waals surface area contributed by atoms with Gasteiger partial charge in [0.15, 0.2) is 0 Å². The molecule has 0 radical (unpaired) electrons. The van der Waals surface area contributed by atoms with Gasteiger partial charge in [-0.25, -0.2) is 0 Å². The van der Waals surface area contributed by atoms with Crippen LogP contribution in [0.3, 0.4) is 0 Å². The lowest BCUT2D eigenvalue weighted by molar-refractivity contribution is -0.00537. The van der Waals surface area contributed by atoms with Crippen molar-refractivity contribution in [2.24, 2.45) is 23.5 Å². The van der Waals surface area contributed by atoms with Gasteiger partial charge in [-0.2, -0.15) is 0 Å². The maximum Gasteiger partial charge on any atom is 0.0312 e. The molecule has 1 aromatic rings. The second-order valence-corrected chi connectivity index (χ2v) is 6.98. The largest absolute Gasteiger partial charge is 0.326 e. The standard InChI is InChI=1S/C16H22N2/c17-8-14-4-15(10-18-9-14)16-5-11-1-12(6-16)3-13(2-11)7-16/h4,9-13H,1-3,5-8,17H2. The molecule has 0 saturated heterocycles. The molecule has 4 saturated carbocycles. The molecule has 4 aliphatic rings. The lowest BCUT2D eigenvalue weighted by Crippen LogP contribution is -2.48. The monoisotopic (exact) mass is 242 g/mol. The third-order valence-electron chi connectivity index (χ3n) is 5.68. The summed E-state index contributed by atoms with van der Waals surface area (Å²) in [5.74, 6) is 2.99. The highest BCUT2D eigenvalue weighted by Gasteiger charge is 2.51. The first-order valence-electron chi connectivity index (χ1n) is 7.42. The van der Waals surface area contributed by atoms with Crippen LogP contribution in [-0.4, -0.2) is 4.98 Å². The molecule has 4 aliphatic carbocycles. The third-order valence-corrected chi connectivity index (χ3v) is 5.68. The molecule has 2 heteroatoms. The summed E-state index contributed by atoms with van der Waals surface area (Å²) in [5, 5.41) is 0. The summed E-state index contributed by atoms with van der Waals surface area (Å²) >= 11 is 0. The van der Waals surface area contributed by atoms with Crippen LogP contribution in [-0.2, 0) is 12.0 Å². The smallest absolute Gasteiger partial charge is 0.0312 e. The molecule has 1 aromatic heterocycles. The molecule has 5 rings (SSSR count). The summed E-state index contributed by atoms with van der Waals surface area (Å²) in [5.41, 5.74) is 8.92. The molecular formula is C16H22N2. The Labute approximate surface area is 109 Å². The minimum atomic E-state index is 0.465. The first-order valence-corrected chi connectivity index (χ1v) is 7.42. The molecule has 0 aromatic carbocycles. The fourth-order valence-corrected chi connectivity index (χ4v) is 5.35. The van der Waals surface area contributed by atoms with E-state index >= 15 is 0 Å². The van der Waals surface area contributed by atoms with Crippen molar-refractivity contribution in [3.8, 4) is 0 Å². The molecular weight excluding hydrogens is 220 g/mol. The second kappa shape index (κ2) is 3.80. The Hall–Kier alpha value is -0.890. The topological polar surface area (TPSA) is 38.9 Å². The number of hydrogen-bond donors (Lipinski definition) is 1. The van der Waals surface area contributed by atoms with Crippen LogP contribution in [0.2, 0.25) is 0 Å². The highest BCUT2D eigenvalue weighted by molar-refractivity contribution is 5.29. The van der Waals surface area contributed by atoms with Crippen molar-refractivity contribution < 1.29 is 0 Å². The lowest BCUT2D eigenvalue weighted by Gasteiger charge is -2.57. The van der Waals surface area contributed by atoms with E-state index in [1.807, 2.05) is 6.20 Å². The normalized spacial score (nSPS) is 41.3. The minimum Gasteiger partial charge on any atom is -0.326 e. The molecule has 0 amide bonds. The van der Waals surface area contributed by atoms with E-state index in [1.165, 1.54) is 49.7 Å². The second-order valence-electron chi connectivity index (χ2n) is 6.98. The SMILES string of the molecule is NCc1cncc(C23CC4CC(CC(C4)C2)C3)c1. The van der Waals surface area contributed by atoms with Gasteiger partial charge in [-0.1, -0.05) is 6.07 Å². The van der Waals surface area contributed by atoms with E-state index in [0.29, 0.717) is 12.0 Å². The third kappa shape index (κ3) is 1.55. The zero-order valence-electron chi connectivity index (χ0n) is 10.9. The Morgan fingerprint density at radius 1 is 1.06 bits per heavy atom. The predicted octanol–water partition coefficient (Wildman–Crippen LogP) is 3.01. The Bertz CT molecular complexity index is 431. The van der Waals surface area contributed by atoms with Crippen molar-refractivity contribution in [2.75, 3.05) is 0 Å². The van der Waals surface area contributed by atoms with Crippen molar-refractivity contribution >= 4 is 0 Å². The van der Waals surface area contributed by atoms with Crippen LogP contribution >= 0.6 is 0 Å². The van der Waals surface area contributed by atoms with Gasteiger partial charge < -0.3 is 5.73 Å². The molecule has 2 nitrogen and oxygen atoms in total. The molecule has 0 aliphatic heterocycles. The Balaban J connectivity index is 1.74. The number of nitrogens with zero attached hydrogens (tertiary/aromatic N) is 1. The first-order chi connectivity index (χ1) is 8.77. The van der Waals surface area contributed by atoms with Crippen molar-refractivity contribution in [3.05, 3.63) is 29.6 Å². The quantitative estimate of drug-likeness (QED) is 0.866. The number of pyridine rings is 1. The summed E-state index contributed by atoms with van der Waals surface area (Å²) in [6, 6.07) is 2.33. The molecule has 0 atom stereocenters. The fraction of sp³-hybridized carbons (Fsp3) is 0.688. The molecule has 0 spiro atoms. The van der Waals surface area contributed by atoms with E-state index in [9.17, 15) is 0 Å². The molecule has 2 N–H and O–H groups in total. The maximum atomic E-state index is 5.77. The van der Waals surface area contributed by atoms with Gasteiger partial charge in [-0.3, -0.25) is 4.98 Å². The van der Waals surface area contributed by atoms with Crippen LogP contribution in [0.4, 0.5) is 0 Å². The van der Waals surface area contributed by atoms with Gasteiger partial charge in [-0.05, 0) is 72.8 Å². The Kier molecular flexibility index (Phi) is 2.32. The van der Waals surface area contributed by atoms with Gasteiger partial charge in [0, 0.05) is 18.9 Å². The number of rotatable bonds is 2. The average Bonchev–Trinajstić information content (AvgIpc) is 2.37. The minimum absolute atomic E-state index is 0.465. The van der Waals surface area contributed by atoms with E-state index in [2.05, 4.69) is 17.2 Å². The van der Waals surface area contributed by atoms with Crippen LogP contribution in [0.15, 0.2) is 18.5 Å². The number of nitrogens with two attached hydrogens (primary N) is 1. The van der Waals surface area contributed by atoms with Gasteiger partial charge in [-0.15, -0.1) is 0 Å². The summed E-state index contributed by atoms with van der Waals surface area (Å²) in [6.45, 7) is 0.618. The Morgan fingerprint density at radius 2 is 1.67 bits per heavy atom. The summed E-state index contributed by atoms with van der Waals surface area (Å²) in [6.07, 6.45) is 12.8. The zero-order valence-corrected chi connectivity index (χ0v) is 10.9. The van der Waals surface area contributed by atoms with Gasteiger partial charge in [0.2, 0.25) is 0 Å².